The molecule has 0 atom stereocenters. The molecule has 1 aliphatic rings. The van der Waals surface area contributed by atoms with E-state index in [1.54, 1.807) is 24.3 Å². The average Bonchev–Trinajstić information content (AvgIpc) is 2.33. The lowest BCUT2D eigenvalue weighted by molar-refractivity contribution is -0.113. The summed E-state index contributed by atoms with van der Waals surface area (Å²) >= 11 is 3.01. The van der Waals surface area contributed by atoms with E-state index in [0.29, 0.717) is 11.3 Å². The topological polar surface area (TPSA) is 37.4 Å². The third-order valence-electron chi connectivity index (χ3n) is 1.73. The minimum absolute atomic E-state index is 0.456. The van der Waals surface area contributed by atoms with Gasteiger partial charge in [0.2, 0.25) is 0 Å². The number of fused-ring (bicyclic) bond motifs is 1. The summed E-state index contributed by atoms with van der Waals surface area (Å²) in [5.41, 5.74) is 1.08. The van der Waals surface area contributed by atoms with Crippen LogP contribution < -0.4 is 3.93 Å². The Bertz CT molecular complexity index is 375. The SMILES string of the molecule is O=C1C(=O)N(Br)c2ccccc21. The average molecular weight is 226 g/mol. The van der Waals surface area contributed by atoms with Gasteiger partial charge in [-0.05, 0) is 12.1 Å². The molecule has 0 saturated carbocycles. The van der Waals surface area contributed by atoms with Gasteiger partial charge in [0, 0.05) is 0 Å². The first-order valence-electron chi connectivity index (χ1n) is 3.35. The number of carbonyl (C=O) groups is 2. The van der Waals surface area contributed by atoms with E-state index in [2.05, 4.69) is 16.1 Å². The highest BCUT2D eigenvalue weighted by Gasteiger charge is 2.33. The van der Waals surface area contributed by atoms with Gasteiger partial charge in [0.05, 0.1) is 27.4 Å². The van der Waals surface area contributed by atoms with E-state index >= 15 is 0 Å². The first-order chi connectivity index (χ1) is 5.72. The summed E-state index contributed by atoms with van der Waals surface area (Å²) in [6, 6.07) is 6.86. The molecule has 60 valence electrons. The van der Waals surface area contributed by atoms with Crippen molar-refractivity contribution >= 4 is 33.5 Å². The monoisotopic (exact) mass is 225 g/mol. The number of ketones is 1. The van der Waals surface area contributed by atoms with Crippen molar-refractivity contribution in [3.8, 4) is 0 Å². The molecule has 1 aromatic rings. The smallest absolute Gasteiger partial charge is 0.283 e. The molecule has 12 heavy (non-hydrogen) atoms. The summed E-state index contributed by atoms with van der Waals surface area (Å²) in [7, 11) is 0. The number of nitrogens with zero attached hydrogens (tertiary/aromatic N) is 1. The Kier molecular flexibility index (Phi) is 1.51. The maximum atomic E-state index is 11.2. The van der Waals surface area contributed by atoms with E-state index < -0.39 is 11.7 Å². The van der Waals surface area contributed by atoms with Crippen LogP contribution in [0.4, 0.5) is 5.69 Å². The Morgan fingerprint density at radius 3 is 2.50 bits per heavy atom. The van der Waals surface area contributed by atoms with Crippen molar-refractivity contribution in [3.05, 3.63) is 29.8 Å². The molecule has 0 aliphatic carbocycles. The highest BCUT2D eigenvalue weighted by molar-refractivity contribution is 9.10. The van der Waals surface area contributed by atoms with Crippen LogP contribution in [-0.2, 0) is 4.79 Å². The van der Waals surface area contributed by atoms with Gasteiger partial charge in [-0.25, -0.2) is 3.93 Å². The lowest BCUT2D eigenvalue weighted by Crippen LogP contribution is -2.19. The van der Waals surface area contributed by atoms with Crippen LogP contribution in [0.25, 0.3) is 0 Å². The van der Waals surface area contributed by atoms with Gasteiger partial charge in [0.1, 0.15) is 0 Å². The summed E-state index contributed by atoms with van der Waals surface area (Å²) in [6.45, 7) is 0. The number of carbonyl (C=O) groups excluding carboxylic acids is 2. The van der Waals surface area contributed by atoms with Crippen LogP contribution in [0.3, 0.4) is 0 Å². The molecule has 2 rings (SSSR count). The number of para-hydroxylation sites is 1. The zero-order valence-electron chi connectivity index (χ0n) is 5.95. The maximum absolute atomic E-state index is 11.2. The largest absolute Gasteiger partial charge is 0.309 e. The van der Waals surface area contributed by atoms with E-state index in [9.17, 15) is 9.59 Å². The van der Waals surface area contributed by atoms with Gasteiger partial charge in [0.15, 0.2) is 0 Å². The Morgan fingerprint density at radius 1 is 1.17 bits per heavy atom. The van der Waals surface area contributed by atoms with Crippen LogP contribution >= 0.6 is 16.1 Å². The number of rotatable bonds is 0. The highest BCUT2D eigenvalue weighted by Crippen LogP contribution is 2.30. The van der Waals surface area contributed by atoms with Gasteiger partial charge in [-0.15, -0.1) is 0 Å². The molecule has 1 amide bonds. The predicted molar refractivity (Wildman–Crippen MR) is 47.2 cm³/mol. The number of halogens is 1. The van der Waals surface area contributed by atoms with E-state index in [1.165, 1.54) is 3.93 Å². The van der Waals surface area contributed by atoms with E-state index in [0.717, 1.165) is 0 Å². The molecule has 0 unspecified atom stereocenters. The number of hydrogen-bond donors (Lipinski definition) is 0. The standard InChI is InChI=1S/C8H4BrNO2/c9-10-6-4-2-1-3-5(6)7(11)8(10)12/h1-4H. The first kappa shape index (κ1) is 7.49. The second kappa shape index (κ2) is 2.42. The number of amides is 1. The lowest BCUT2D eigenvalue weighted by atomic mass is 10.1. The van der Waals surface area contributed by atoms with Crippen molar-refractivity contribution in [1.82, 2.24) is 0 Å². The summed E-state index contributed by atoms with van der Waals surface area (Å²) in [5.74, 6) is -0.987. The zero-order valence-corrected chi connectivity index (χ0v) is 7.54. The molecule has 0 fully saturated rings. The van der Waals surface area contributed by atoms with Crippen molar-refractivity contribution in [2.24, 2.45) is 0 Å². The Morgan fingerprint density at radius 2 is 1.83 bits per heavy atom. The zero-order chi connectivity index (χ0) is 8.72. The second-order valence-electron chi connectivity index (χ2n) is 2.43. The predicted octanol–water partition coefficient (Wildman–Crippen LogP) is 1.53. The third-order valence-corrected chi connectivity index (χ3v) is 2.44. The van der Waals surface area contributed by atoms with Crippen LogP contribution in [0.15, 0.2) is 24.3 Å². The molecular weight excluding hydrogens is 222 g/mol. The summed E-state index contributed by atoms with van der Waals surface area (Å²) in [5, 5.41) is 0. The third kappa shape index (κ3) is 0.814. The fraction of sp³-hybridized carbons (Fsp3) is 0. The van der Waals surface area contributed by atoms with Crippen molar-refractivity contribution in [2.45, 2.75) is 0 Å². The minimum Gasteiger partial charge on any atom is -0.283 e. The fourth-order valence-corrected chi connectivity index (χ4v) is 1.62. The lowest BCUT2D eigenvalue weighted by Gasteiger charge is -2.03. The Labute approximate surface area is 77.3 Å². The van der Waals surface area contributed by atoms with Gasteiger partial charge >= 0.3 is 5.91 Å². The molecular formula is C8H4BrNO2. The van der Waals surface area contributed by atoms with Crippen molar-refractivity contribution < 1.29 is 9.59 Å². The van der Waals surface area contributed by atoms with Crippen LogP contribution in [-0.4, -0.2) is 11.7 Å². The van der Waals surface area contributed by atoms with Crippen LogP contribution in [0.1, 0.15) is 10.4 Å². The van der Waals surface area contributed by atoms with Gasteiger partial charge in [0.25, 0.3) is 5.78 Å². The molecule has 1 aliphatic heterocycles. The van der Waals surface area contributed by atoms with Gasteiger partial charge in [-0.1, -0.05) is 12.1 Å². The highest BCUT2D eigenvalue weighted by atomic mass is 79.9. The summed E-state index contributed by atoms with van der Waals surface area (Å²) < 4.78 is 1.19. The molecule has 0 N–H and O–H groups in total. The van der Waals surface area contributed by atoms with Crippen molar-refractivity contribution in [3.63, 3.8) is 0 Å². The normalized spacial score (nSPS) is 15.2. The van der Waals surface area contributed by atoms with Gasteiger partial charge in [-0.2, -0.15) is 0 Å². The molecule has 0 aromatic heterocycles. The Hall–Kier alpha value is -1.16. The van der Waals surface area contributed by atoms with Gasteiger partial charge < -0.3 is 0 Å². The number of Topliss-reactive ketones (excluding diaryl/α,β-unsaturated/α-hetero) is 1. The van der Waals surface area contributed by atoms with Crippen molar-refractivity contribution in [1.29, 1.82) is 0 Å². The van der Waals surface area contributed by atoms with E-state index in [-0.39, 0.29) is 0 Å². The molecule has 0 bridgehead atoms. The molecule has 0 spiro atoms. The molecule has 4 heteroatoms. The molecule has 3 nitrogen and oxygen atoms in total. The first-order valence-corrected chi connectivity index (χ1v) is 4.06. The molecule has 1 aromatic carbocycles. The van der Waals surface area contributed by atoms with Crippen LogP contribution in [0.5, 0.6) is 0 Å². The summed E-state index contributed by atoms with van der Waals surface area (Å²) in [6.07, 6.45) is 0. The maximum Gasteiger partial charge on any atom is 0.309 e. The Balaban J connectivity index is 2.67. The van der Waals surface area contributed by atoms with Crippen LogP contribution in [0, 0.1) is 0 Å². The molecule has 0 saturated heterocycles. The van der Waals surface area contributed by atoms with E-state index in [1.807, 2.05) is 0 Å². The van der Waals surface area contributed by atoms with Crippen LogP contribution in [0.2, 0.25) is 0 Å². The quantitative estimate of drug-likeness (QED) is 0.496. The molecule has 0 radical (unpaired) electrons. The second-order valence-corrected chi connectivity index (χ2v) is 3.14. The number of anilines is 1. The van der Waals surface area contributed by atoms with Gasteiger partial charge in [-0.3, -0.25) is 9.59 Å². The van der Waals surface area contributed by atoms with Crippen molar-refractivity contribution in [2.75, 3.05) is 3.93 Å². The van der Waals surface area contributed by atoms with E-state index in [4.69, 9.17) is 0 Å². The minimum atomic E-state index is -0.531. The molecule has 1 heterocycles. The number of hydrogen-bond acceptors (Lipinski definition) is 2. The summed E-state index contributed by atoms with van der Waals surface area (Å²) in [4.78, 5) is 22.3. The fourth-order valence-electron chi connectivity index (χ4n) is 1.15. The number of benzene rings is 1.